The van der Waals surface area contributed by atoms with Gasteiger partial charge in [0, 0.05) is 11.8 Å². The minimum atomic E-state index is 0.532. The van der Waals surface area contributed by atoms with E-state index in [0.717, 1.165) is 0 Å². The fourth-order valence-corrected chi connectivity index (χ4v) is 1.68. The second kappa shape index (κ2) is 5.29. The molecule has 74 valence electrons. The summed E-state index contributed by atoms with van der Waals surface area (Å²) in [5.74, 6) is 7.87. The Morgan fingerprint density at radius 3 is 2.38 bits per heavy atom. The molecule has 1 rings (SSSR count). The number of hydrogen-bond acceptors (Lipinski definition) is 1. The Bertz CT molecular complexity index is 189. The van der Waals surface area contributed by atoms with Crippen molar-refractivity contribution in [2.45, 2.75) is 33.6 Å². The number of piperidine rings is 1. The van der Waals surface area contributed by atoms with Gasteiger partial charge in [-0.3, -0.25) is 0 Å². The van der Waals surface area contributed by atoms with E-state index >= 15 is 0 Å². The SMILES string of the molecule is CCN1CCC(C#CC(C)C)CC1. The van der Waals surface area contributed by atoms with Crippen LogP contribution in [0.2, 0.25) is 0 Å². The van der Waals surface area contributed by atoms with Crippen molar-refractivity contribution in [1.29, 1.82) is 0 Å². The van der Waals surface area contributed by atoms with E-state index in [1.54, 1.807) is 0 Å². The molecule has 0 saturated carbocycles. The fraction of sp³-hybridized carbons (Fsp3) is 0.833. The van der Waals surface area contributed by atoms with E-state index in [0.29, 0.717) is 11.8 Å². The highest BCUT2D eigenvalue weighted by Crippen LogP contribution is 2.15. The lowest BCUT2D eigenvalue weighted by Gasteiger charge is -2.28. The van der Waals surface area contributed by atoms with Gasteiger partial charge >= 0.3 is 0 Å². The molecule has 1 heterocycles. The van der Waals surface area contributed by atoms with Crippen molar-refractivity contribution in [2.75, 3.05) is 19.6 Å². The average Bonchev–Trinajstić information content (AvgIpc) is 2.15. The van der Waals surface area contributed by atoms with Crippen LogP contribution in [0.5, 0.6) is 0 Å². The van der Waals surface area contributed by atoms with Crippen LogP contribution < -0.4 is 0 Å². The lowest BCUT2D eigenvalue weighted by molar-refractivity contribution is 0.216. The topological polar surface area (TPSA) is 3.24 Å². The minimum absolute atomic E-state index is 0.532. The van der Waals surface area contributed by atoms with Crippen LogP contribution in [-0.2, 0) is 0 Å². The highest BCUT2D eigenvalue weighted by Gasteiger charge is 2.15. The van der Waals surface area contributed by atoms with Gasteiger partial charge in [-0.25, -0.2) is 0 Å². The van der Waals surface area contributed by atoms with E-state index in [1.807, 2.05) is 0 Å². The minimum Gasteiger partial charge on any atom is -0.304 e. The van der Waals surface area contributed by atoms with E-state index in [2.05, 4.69) is 37.5 Å². The first kappa shape index (κ1) is 10.6. The number of hydrogen-bond donors (Lipinski definition) is 0. The quantitative estimate of drug-likeness (QED) is 0.559. The Balaban J connectivity index is 2.30. The smallest absolute Gasteiger partial charge is 0.0227 e. The third-order valence-corrected chi connectivity index (χ3v) is 2.61. The van der Waals surface area contributed by atoms with Crippen LogP contribution in [0.1, 0.15) is 33.6 Å². The van der Waals surface area contributed by atoms with Gasteiger partial charge < -0.3 is 4.90 Å². The summed E-state index contributed by atoms with van der Waals surface area (Å²) in [7, 11) is 0. The lowest BCUT2D eigenvalue weighted by atomic mass is 9.97. The van der Waals surface area contributed by atoms with Gasteiger partial charge in [0.25, 0.3) is 0 Å². The molecule has 1 fully saturated rings. The summed E-state index contributed by atoms with van der Waals surface area (Å²) in [6.07, 6.45) is 2.54. The molecule has 0 unspecified atom stereocenters. The molecule has 0 aromatic rings. The third-order valence-electron chi connectivity index (χ3n) is 2.61. The van der Waals surface area contributed by atoms with Crippen LogP contribution in [0.25, 0.3) is 0 Å². The molecule has 0 aliphatic carbocycles. The van der Waals surface area contributed by atoms with Crippen molar-refractivity contribution >= 4 is 0 Å². The van der Waals surface area contributed by atoms with Gasteiger partial charge in [0.15, 0.2) is 0 Å². The lowest BCUT2D eigenvalue weighted by Crippen LogP contribution is -2.32. The van der Waals surface area contributed by atoms with Crippen LogP contribution in [0.15, 0.2) is 0 Å². The first-order valence-corrected chi connectivity index (χ1v) is 5.45. The number of rotatable bonds is 1. The maximum absolute atomic E-state index is 3.39. The van der Waals surface area contributed by atoms with Gasteiger partial charge in [-0.15, -0.1) is 5.92 Å². The zero-order chi connectivity index (χ0) is 9.68. The molecule has 0 radical (unpaired) electrons. The maximum atomic E-state index is 3.39. The monoisotopic (exact) mass is 179 g/mol. The molecule has 0 spiro atoms. The Morgan fingerprint density at radius 2 is 1.92 bits per heavy atom. The van der Waals surface area contributed by atoms with Gasteiger partial charge in [-0.2, -0.15) is 0 Å². The van der Waals surface area contributed by atoms with Gasteiger partial charge in [0.1, 0.15) is 0 Å². The second-order valence-corrected chi connectivity index (χ2v) is 4.15. The van der Waals surface area contributed by atoms with Crippen LogP contribution in [0.3, 0.4) is 0 Å². The van der Waals surface area contributed by atoms with Gasteiger partial charge in [0.05, 0.1) is 0 Å². The molecule has 0 aromatic heterocycles. The third kappa shape index (κ3) is 3.83. The zero-order valence-electron chi connectivity index (χ0n) is 9.14. The zero-order valence-corrected chi connectivity index (χ0v) is 9.14. The molecule has 1 aliphatic heterocycles. The molecular weight excluding hydrogens is 158 g/mol. The van der Waals surface area contributed by atoms with Gasteiger partial charge in [-0.05, 0) is 32.5 Å². The highest BCUT2D eigenvalue weighted by atomic mass is 15.1. The van der Waals surface area contributed by atoms with E-state index in [9.17, 15) is 0 Å². The van der Waals surface area contributed by atoms with Crippen LogP contribution in [0, 0.1) is 23.7 Å². The van der Waals surface area contributed by atoms with Crippen molar-refractivity contribution in [3.05, 3.63) is 0 Å². The van der Waals surface area contributed by atoms with Crippen LogP contribution >= 0.6 is 0 Å². The fourth-order valence-electron chi connectivity index (χ4n) is 1.68. The van der Waals surface area contributed by atoms with E-state index in [-0.39, 0.29) is 0 Å². The predicted molar refractivity (Wildman–Crippen MR) is 57.5 cm³/mol. The van der Waals surface area contributed by atoms with E-state index < -0.39 is 0 Å². The average molecular weight is 179 g/mol. The second-order valence-electron chi connectivity index (χ2n) is 4.15. The van der Waals surface area contributed by atoms with Gasteiger partial charge in [0.2, 0.25) is 0 Å². The molecule has 0 N–H and O–H groups in total. The first-order chi connectivity index (χ1) is 6.22. The van der Waals surface area contributed by atoms with Crippen molar-refractivity contribution in [1.82, 2.24) is 4.90 Å². The van der Waals surface area contributed by atoms with Crippen molar-refractivity contribution < 1.29 is 0 Å². The normalized spacial score (nSPS) is 20.0. The molecule has 0 atom stereocenters. The first-order valence-electron chi connectivity index (χ1n) is 5.45. The Kier molecular flexibility index (Phi) is 4.32. The van der Waals surface area contributed by atoms with Crippen molar-refractivity contribution in [3.8, 4) is 11.8 Å². The number of likely N-dealkylation sites (tertiary alicyclic amines) is 1. The Labute approximate surface area is 82.5 Å². The molecule has 1 nitrogen and oxygen atoms in total. The molecule has 0 bridgehead atoms. The Hall–Kier alpha value is -0.480. The summed E-state index contributed by atoms with van der Waals surface area (Å²) in [5.41, 5.74) is 0. The molecule has 0 amide bonds. The molecule has 1 heteroatoms. The maximum Gasteiger partial charge on any atom is 0.0227 e. The summed E-state index contributed by atoms with van der Waals surface area (Å²) in [5, 5.41) is 0. The van der Waals surface area contributed by atoms with E-state index in [4.69, 9.17) is 0 Å². The standard InChI is InChI=1S/C12H21N/c1-4-13-9-7-12(8-10-13)6-5-11(2)3/h11-12H,4,7-10H2,1-3H3. The molecule has 0 aromatic carbocycles. The van der Waals surface area contributed by atoms with E-state index in [1.165, 1.54) is 32.5 Å². The Morgan fingerprint density at radius 1 is 1.31 bits per heavy atom. The summed E-state index contributed by atoms with van der Waals surface area (Å²) < 4.78 is 0. The van der Waals surface area contributed by atoms with Crippen LogP contribution in [-0.4, -0.2) is 24.5 Å². The largest absolute Gasteiger partial charge is 0.304 e. The summed E-state index contributed by atoms with van der Waals surface area (Å²) in [6, 6.07) is 0. The molecule has 13 heavy (non-hydrogen) atoms. The van der Waals surface area contributed by atoms with Gasteiger partial charge in [-0.1, -0.05) is 26.7 Å². The predicted octanol–water partition coefficient (Wildman–Crippen LogP) is 2.38. The highest BCUT2D eigenvalue weighted by molar-refractivity contribution is 5.06. The molecule has 1 saturated heterocycles. The summed E-state index contributed by atoms with van der Waals surface area (Å²) >= 11 is 0. The number of nitrogens with zero attached hydrogens (tertiary/aromatic N) is 1. The van der Waals surface area contributed by atoms with Crippen LogP contribution in [0.4, 0.5) is 0 Å². The van der Waals surface area contributed by atoms with Crippen molar-refractivity contribution in [3.63, 3.8) is 0 Å². The van der Waals surface area contributed by atoms with Crippen molar-refractivity contribution in [2.24, 2.45) is 11.8 Å². The molecule has 1 aliphatic rings. The summed E-state index contributed by atoms with van der Waals surface area (Å²) in [6.45, 7) is 10.2. The summed E-state index contributed by atoms with van der Waals surface area (Å²) in [4.78, 5) is 2.51. The molecular formula is C12H21N.